The normalized spacial score (nSPS) is 15.8. The highest BCUT2D eigenvalue weighted by atomic mass is 32.2. The van der Waals surface area contributed by atoms with Crippen molar-refractivity contribution < 1.29 is 14.3 Å². The standard InChI is InChI=1S/C23H24N4O3S/c1-31-21-7-5-19(6-8-21)27-15-17(13-22(27)28)23(29)25-18-3-2-4-20(14-18)30-12-11-26-10-9-24-16-26/h2-10,14,16-17H,11-13,15H2,1H3,(H,25,29)/t17-/m1/s1. The molecule has 2 amide bonds. The maximum atomic E-state index is 12.8. The number of hydrogen-bond acceptors (Lipinski definition) is 5. The van der Waals surface area contributed by atoms with Crippen LogP contribution >= 0.6 is 11.8 Å². The number of nitrogens with zero attached hydrogens (tertiary/aromatic N) is 3. The van der Waals surface area contributed by atoms with E-state index in [1.165, 1.54) is 0 Å². The van der Waals surface area contributed by atoms with Gasteiger partial charge in [-0.05, 0) is 42.7 Å². The van der Waals surface area contributed by atoms with Crippen LogP contribution in [0.15, 0.2) is 72.1 Å². The molecule has 3 aromatic rings. The number of nitrogens with one attached hydrogen (secondary N) is 1. The van der Waals surface area contributed by atoms with Gasteiger partial charge in [-0.25, -0.2) is 4.98 Å². The highest BCUT2D eigenvalue weighted by Crippen LogP contribution is 2.28. The van der Waals surface area contributed by atoms with Gasteiger partial charge in [-0.1, -0.05) is 6.07 Å². The topological polar surface area (TPSA) is 76.5 Å². The Hall–Kier alpha value is -3.26. The molecule has 0 bridgehead atoms. The van der Waals surface area contributed by atoms with Gasteiger partial charge in [-0.15, -0.1) is 11.8 Å². The zero-order chi connectivity index (χ0) is 21.6. The van der Waals surface area contributed by atoms with Crippen molar-refractivity contribution in [1.82, 2.24) is 9.55 Å². The predicted octanol–water partition coefficient (Wildman–Crippen LogP) is 3.68. The first-order chi connectivity index (χ1) is 15.1. The van der Waals surface area contributed by atoms with Crippen LogP contribution in [0.3, 0.4) is 0 Å². The predicted molar refractivity (Wildman–Crippen MR) is 121 cm³/mol. The summed E-state index contributed by atoms with van der Waals surface area (Å²) in [5.41, 5.74) is 1.48. The molecule has 2 heterocycles. The average molecular weight is 437 g/mol. The van der Waals surface area contributed by atoms with Crippen LogP contribution in [0.1, 0.15) is 6.42 Å². The Bertz CT molecular complexity index is 1040. The van der Waals surface area contributed by atoms with Crippen molar-refractivity contribution in [2.24, 2.45) is 5.92 Å². The lowest BCUT2D eigenvalue weighted by atomic mass is 10.1. The van der Waals surface area contributed by atoms with E-state index in [2.05, 4.69) is 10.3 Å². The molecule has 0 spiro atoms. The van der Waals surface area contributed by atoms with Gasteiger partial charge in [0.25, 0.3) is 0 Å². The van der Waals surface area contributed by atoms with Crippen LogP contribution in [0, 0.1) is 5.92 Å². The summed E-state index contributed by atoms with van der Waals surface area (Å²) in [5.74, 6) is 0.0928. The Kier molecular flexibility index (Phi) is 6.57. The van der Waals surface area contributed by atoms with Crippen LogP contribution in [-0.2, 0) is 16.1 Å². The number of benzene rings is 2. The maximum Gasteiger partial charge on any atom is 0.229 e. The third-order valence-electron chi connectivity index (χ3n) is 5.16. The lowest BCUT2D eigenvalue weighted by molar-refractivity contribution is -0.122. The lowest BCUT2D eigenvalue weighted by Crippen LogP contribution is -2.28. The molecular weight excluding hydrogens is 412 g/mol. The van der Waals surface area contributed by atoms with Gasteiger partial charge >= 0.3 is 0 Å². The first kappa shape index (κ1) is 21.0. The summed E-state index contributed by atoms with van der Waals surface area (Å²) in [6.45, 7) is 1.56. The van der Waals surface area contributed by atoms with E-state index in [4.69, 9.17) is 4.74 Å². The van der Waals surface area contributed by atoms with Gasteiger partial charge in [-0.2, -0.15) is 0 Å². The average Bonchev–Trinajstić information content (AvgIpc) is 3.44. The zero-order valence-corrected chi connectivity index (χ0v) is 18.0. The van der Waals surface area contributed by atoms with E-state index in [0.29, 0.717) is 31.1 Å². The van der Waals surface area contributed by atoms with Gasteiger partial charge < -0.3 is 19.5 Å². The van der Waals surface area contributed by atoms with Gasteiger partial charge in [0.15, 0.2) is 0 Å². The van der Waals surface area contributed by atoms with E-state index in [0.717, 1.165) is 10.6 Å². The highest BCUT2D eigenvalue weighted by Gasteiger charge is 2.35. The molecule has 0 unspecified atom stereocenters. The van der Waals surface area contributed by atoms with Crippen LogP contribution in [0.2, 0.25) is 0 Å². The van der Waals surface area contributed by atoms with Crippen molar-refractivity contribution in [3.63, 3.8) is 0 Å². The number of carbonyl (C=O) groups is 2. The number of thioether (sulfide) groups is 1. The SMILES string of the molecule is CSc1ccc(N2C[C@H](C(=O)Nc3cccc(OCCn4ccnc4)c3)CC2=O)cc1. The molecule has 1 saturated heterocycles. The van der Waals surface area contributed by atoms with Crippen molar-refractivity contribution in [3.8, 4) is 5.75 Å². The Labute approximate surface area is 185 Å². The molecule has 0 radical (unpaired) electrons. The molecule has 1 fully saturated rings. The number of rotatable bonds is 8. The molecule has 4 rings (SSSR count). The van der Waals surface area contributed by atoms with Gasteiger partial charge in [0.05, 0.1) is 18.8 Å². The van der Waals surface area contributed by atoms with Gasteiger partial charge in [0.2, 0.25) is 11.8 Å². The Morgan fingerprint density at radius 3 is 2.84 bits per heavy atom. The van der Waals surface area contributed by atoms with E-state index in [9.17, 15) is 9.59 Å². The Morgan fingerprint density at radius 2 is 2.10 bits per heavy atom. The van der Waals surface area contributed by atoms with Crippen molar-refractivity contribution in [3.05, 3.63) is 67.3 Å². The van der Waals surface area contributed by atoms with E-state index < -0.39 is 5.92 Å². The molecule has 1 atom stereocenters. The monoisotopic (exact) mass is 436 g/mol. The van der Waals surface area contributed by atoms with Crippen molar-refractivity contribution in [1.29, 1.82) is 0 Å². The minimum Gasteiger partial charge on any atom is -0.492 e. The second-order valence-electron chi connectivity index (χ2n) is 7.27. The first-order valence-electron chi connectivity index (χ1n) is 10.1. The molecule has 0 saturated carbocycles. The first-order valence-corrected chi connectivity index (χ1v) is 11.3. The van der Waals surface area contributed by atoms with E-state index in [-0.39, 0.29) is 18.2 Å². The fraction of sp³-hybridized carbons (Fsp3) is 0.261. The van der Waals surface area contributed by atoms with Crippen LogP contribution in [0.5, 0.6) is 5.75 Å². The summed E-state index contributed by atoms with van der Waals surface area (Å²) in [5, 5.41) is 2.92. The largest absolute Gasteiger partial charge is 0.492 e. The van der Waals surface area contributed by atoms with Crippen LogP contribution in [0.4, 0.5) is 11.4 Å². The summed E-state index contributed by atoms with van der Waals surface area (Å²) >= 11 is 1.65. The molecule has 2 aromatic carbocycles. The molecule has 160 valence electrons. The maximum absolute atomic E-state index is 12.8. The number of imidazole rings is 1. The van der Waals surface area contributed by atoms with Gasteiger partial charge in [0, 0.05) is 47.7 Å². The zero-order valence-electron chi connectivity index (χ0n) is 17.2. The molecule has 1 aliphatic heterocycles. The lowest BCUT2D eigenvalue weighted by Gasteiger charge is -2.17. The van der Waals surface area contributed by atoms with E-state index in [1.54, 1.807) is 35.3 Å². The van der Waals surface area contributed by atoms with Crippen molar-refractivity contribution in [2.75, 3.05) is 29.6 Å². The number of amides is 2. The molecule has 8 heteroatoms. The number of aromatic nitrogens is 2. The van der Waals surface area contributed by atoms with E-state index >= 15 is 0 Å². The molecule has 1 aliphatic rings. The molecule has 0 aliphatic carbocycles. The third-order valence-corrected chi connectivity index (χ3v) is 5.90. The Balaban J connectivity index is 1.33. The minimum absolute atomic E-state index is 0.0337. The fourth-order valence-electron chi connectivity index (χ4n) is 3.49. The smallest absolute Gasteiger partial charge is 0.229 e. The number of anilines is 2. The summed E-state index contributed by atoms with van der Waals surface area (Å²) in [6, 6.07) is 15.1. The molecule has 31 heavy (non-hydrogen) atoms. The second-order valence-corrected chi connectivity index (χ2v) is 8.15. The molecule has 7 nitrogen and oxygen atoms in total. The number of hydrogen-bond donors (Lipinski definition) is 1. The number of carbonyl (C=O) groups excluding carboxylic acids is 2. The van der Waals surface area contributed by atoms with E-state index in [1.807, 2.05) is 59.5 Å². The fourth-order valence-corrected chi connectivity index (χ4v) is 3.90. The van der Waals surface area contributed by atoms with Crippen LogP contribution < -0.4 is 15.0 Å². The summed E-state index contributed by atoms with van der Waals surface area (Å²) in [7, 11) is 0. The van der Waals surface area contributed by atoms with Crippen LogP contribution in [-0.4, -0.2) is 40.8 Å². The third kappa shape index (κ3) is 5.27. The van der Waals surface area contributed by atoms with Crippen molar-refractivity contribution in [2.45, 2.75) is 17.9 Å². The van der Waals surface area contributed by atoms with Crippen LogP contribution in [0.25, 0.3) is 0 Å². The van der Waals surface area contributed by atoms with Gasteiger partial charge in [-0.3, -0.25) is 9.59 Å². The second kappa shape index (κ2) is 9.70. The summed E-state index contributed by atoms with van der Waals surface area (Å²) in [4.78, 5) is 32.1. The Morgan fingerprint density at radius 1 is 1.26 bits per heavy atom. The summed E-state index contributed by atoms with van der Waals surface area (Å²) in [6.07, 6.45) is 7.56. The minimum atomic E-state index is -0.390. The molecule has 1 N–H and O–H groups in total. The highest BCUT2D eigenvalue weighted by molar-refractivity contribution is 7.98. The molecular formula is C23H24N4O3S. The van der Waals surface area contributed by atoms with Crippen molar-refractivity contribution >= 4 is 35.0 Å². The molecule has 1 aromatic heterocycles. The quantitative estimate of drug-likeness (QED) is 0.545. The van der Waals surface area contributed by atoms with Gasteiger partial charge in [0.1, 0.15) is 12.4 Å². The number of ether oxygens (including phenoxy) is 1. The summed E-state index contributed by atoms with van der Waals surface area (Å²) < 4.78 is 7.71.